The highest BCUT2D eigenvalue weighted by atomic mass is 19.1. The van der Waals surface area contributed by atoms with Gasteiger partial charge in [0.05, 0.1) is 19.4 Å². The number of morpholine rings is 1. The Labute approximate surface area is 93.6 Å². The van der Waals surface area contributed by atoms with Crippen molar-refractivity contribution in [3.63, 3.8) is 0 Å². The van der Waals surface area contributed by atoms with Crippen molar-refractivity contribution < 1.29 is 9.13 Å². The van der Waals surface area contributed by atoms with Crippen LogP contribution >= 0.6 is 0 Å². The van der Waals surface area contributed by atoms with E-state index in [2.05, 4.69) is 15.3 Å². The molecule has 5 nitrogen and oxygen atoms in total. The fourth-order valence-corrected chi connectivity index (χ4v) is 1.60. The molecule has 0 unspecified atom stereocenters. The molecule has 2 rings (SSSR count). The summed E-state index contributed by atoms with van der Waals surface area (Å²) in [5.41, 5.74) is 0. The Morgan fingerprint density at radius 2 is 2.25 bits per heavy atom. The molecule has 0 aliphatic carbocycles. The molecule has 88 valence electrons. The minimum absolute atomic E-state index is 0.356. The van der Waals surface area contributed by atoms with Gasteiger partial charge in [-0.05, 0) is 6.92 Å². The van der Waals surface area contributed by atoms with E-state index < -0.39 is 0 Å². The predicted octanol–water partition coefficient (Wildman–Crippen LogP) is 0.884. The van der Waals surface area contributed by atoms with Crippen molar-refractivity contribution >= 4 is 11.8 Å². The lowest BCUT2D eigenvalue weighted by atomic mass is 10.4. The van der Waals surface area contributed by atoms with Crippen LogP contribution in [-0.2, 0) is 4.74 Å². The lowest BCUT2D eigenvalue weighted by Gasteiger charge is -2.28. The highest BCUT2D eigenvalue weighted by Crippen LogP contribution is 2.18. The van der Waals surface area contributed by atoms with Crippen LogP contribution in [0.25, 0.3) is 0 Å². The first-order valence-corrected chi connectivity index (χ1v) is 5.40. The molecule has 1 N–H and O–H groups in total. The lowest BCUT2D eigenvalue weighted by Crippen LogP contribution is -2.37. The number of rotatable bonds is 3. The topological polar surface area (TPSA) is 50.3 Å². The second kappa shape index (κ2) is 5.07. The molecule has 0 radical (unpaired) electrons. The van der Waals surface area contributed by atoms with E-state index in [9.17, 15) is 4.39 Å². The van der Waals surface area contributed by atoms with Crippen LogP contribution in [0.5, 0.6) is 0 Å². The van der Waals surface area contributed by atoms with Gasteiger partial charge in [-0.15, -0.1) is 0 Å². The molecule has 1 fully saturated rings. The summed E-state index contributed by atoms with van der Waals surface area (Å²) in [5, 5.41) is 2.97. The van der Waals surface area contributed by atoms with E-state index in [4.69, 9.17) is 4.74 Å². The van der Waals surface area contributed by atoms with Crippen molar-refractivity contribution in [2.24, 2.45) is 0 Å². The van der Waals surface area contributed by atoms with E-state index in [-0.39, 0.29) is 5.82 Å². The quantitative estimate of drug-likeness (QED) is 0.829. The summed E-state index contributed by atoms with van der Waals surface area (Å²) in [7, 11) is 0. The third kappa shape index (κ3) is 2.38. The first kappa shape index (κ1) is 11.1. The molecule has 0 amide bonds. The normalized spacial score (nSPS) is 16.2. The Morgan fingerprint density at radius 1 is 1.50 bits per heavy atom. The molecule has 1 aromatic rings. The number of nitrogens with one attached hydrogen (secondary N) is 1. The van der Waals surface area contributed by atoms with Gasteiger partial charge >= 0.3 is 0 Å². The van der Waals surface area contributed by atoms with Crippen molar-refractivity contribution in [1.29, 1.82) is 0 Å². The van der Waals surface area contributed by atoms with Gasteiger partial charge in [0, 0.05) is 19.6 Å². The van der Waals surface area contributed by atoms with Crippen LogP contribution in [0.4, 0.5) is 16.2 Å². The van der Waals surface area contributed by atoms with Gasteiger partial charge < -0.3 is 15.0 Å². The molecule has 1 saturated heterocycles. The Hall–Kier alpha value is -1.43. The molecule has 1 aliphatic rings. The fourth-order valence-electron chi connectivity index (χ4n) is 1.60. The highest BCUT2D eigenvalue weighted by Gasteiger charge is 2.17. The maximum absolute atomic E-state index is 13.6. The van der Waals surface area contributed by atoms with E-state index in [1.165, 1.54) is 6.20 Å². The summed E-state index contributed by atoms with van der Waals surface area (Å²) in [4.78, 5) is 9.90. The Balaban J connectivity index is 2.19. The van der Waals surface area contributed by atoms with Gasteiger partial charge in [0.15, 0.2) is 11.6 Å². The van der Waals surface area contributed by atoms with Crippen LogP contribution in [-0.4, -0.2) is 42.8 Å². The lowest BCUT2D eigenvalue weighted by molar-refractivity contribution is 0.122. The van der Waals surface area contributed by atoms with E-state index >= 15 is 0 Å². The molecular weight excluding hydrogens is 211 g/mol. The Morgan fingerprint density at radius 3 is 2.94 bits per heavy atom. The first-order valence-electron chi connectivity index (χ1n) is 5.40. The summed E-state index contributed by atoms with van der Waals surface area (Å²) in [6.45, 7) is 5.22. The van der Waals surface area contributed by atoms with Crippen LogP contribution in [0.2, 0.25) is 0 Å². The van der Waals surface area contributed by atoms with Crippen LogP contribution in [0.15, 0.2) is 6.20 Å². The number of nitrogens with zero attached hydrogens (tertiary/aromatic N) is 3. The summed E-state index contributed by atoms with van der Waals surface area (Å²) in [5.74, 6) is 0.434. The minimum Gasteiger partial charge on any atom is -0.378 e. The second-order valence-corrected chi connectivity index (χ2v) is 3.49. The third-order valence-corrected chi connectivity index (χ3v) is 2.37. The van der Waals surface area contributed by atoms with Crippen molar-refractivity contribution in [3.05, 3.63) is 12.0 Å². The first-order chi connectivity index (χ1) is 7.81. The molecule has 1 aromatic heterocycles. The van der Waals surface area contributed by atoms with Crippen LogP contribution < -0.4 is 10.2 Å². The molecule has 0 aromatic carbocycles. The van der Waals surface area contributed by atoms with E-state index in [0.717, 1.165) is 0 Å². The maximum Gasteiger partial charge on any atom is 0.224 e. The zero-order valence-electron chi connectivity index (χ0n) is 9.24. The van der Waals surface area contributed by atoms with Gasteiger partial charge in [0.2, 0.25) is 5.95 Å². The summed E-state index contributed by atoms with van der Waals surface area (Å²) in [6, 6.07) is 0. The molecule has 2 heterocycles. The molecule has 6 heteroatoms. The molecule has 0 atom stereocenters. The number of ether oxygens (including phenoxy) is 1. The Kier molecular flexibility index (Phi) is 3.51. The number of halogens is 1. The molecular formula is C10H15FN4O. The van der Waals surface area contributed by atoms with Gasteiger partial charge in [-0.3, -0.25) is 0 Å². The molecule has 0 saturated carbocycles. The predicted molar refractivity (Wildman–Crippen MR) is 59.2 cm³/mol. The van der Waals surface area contributed by atoms with Gasteiger partial charge in [0.1, 0.15) is 0 Å². The standard InChI is InChI=1S/C10H15FN4O/c1-2-12-10-13-7-8(11)9(14-10)15-3-5-16-6-4-15/h7H,2-6H2,1H3,(H,12,13,14). The van der Waals surface area contributed by atoms with Crippen molar-refractivity contribution in [3.8, 4) is 0 Å². The third-order valence-electron chi connectivity index (χ3n) is 2.37. The van der Waals surface area contributed by atoms with Crippen LogP contribution in [0.1, 0.15) is 6.92 Å². The SMILES string of the molecule is CCNc1ncc(F)c(N2CCOCC2)n1. The van der Waals surface area contributed by atoms with Crippen molar-refractivity contribution in [2.45, 2.75) is 6.92 Å². The number of hydrogen-bond acceptors (Lipinski definition) is 5. The molecule has 0 spiro atoms. The van der Waals surface area contributed by atoms with Crippen molar-refractivity contribution in [1.82, 2.24) is 9.97 Å². The van der Waals surface area contributed by atoms with E-state index in [1.54, 1.807) is 0 Å². The Bertz CT molecular complexity index is 355. The molecule has 1 aliphatic heterocycles. The second-order valence-electron chi connectivity index (χ2n) is 3.49. The number of hydrogen-bond donors (Lipinski definition) is 1. The minimum atomic E-state index is -0.386. The summed E-state index contributed by atoms with van der Waals surface area (Å²) < 4.78 is 18.8. The average molecular weight is 226 g/mol. The van der Waals surface area contributed by atoms with Gasteiger partial charge in [-0.1, -0.05) is 0 Å². The van der Waals surface area contributed by atoms with Gasteiger partial charge in [-0.2, -0.15) is 4.98 Å². The number of anilines is 2. The van der Waals surface area contributed by atoms with Crippen LogP contribution in [0, 0.1) is 5.82 Å². The maximum atomic E-state index is 13.6. The molecule has 16 heavy (non-hydrogen) atoms. The summed E-state index contributed by atoms with van der Waals surface area (Å²) >= 11 is 0. The number of aromatic nitrogens is 2. The van der Waals surface area contributed by atoms with Gasteiger partial charge in [-0.25, -0.2) is 9.37 Å². The largest absolute Gasteiger partial charge is 0.378 e. The van der Waals surface area contributed by atoms with Gasteiger partial charge in [0.25, 0.3) is 0 Å². The fraction of sp³-hybridized carbons (Fsp3) is 0.600. The van der Waals surface area contributed by atoms with E-state index in [1.807, 2.05) is 11.8 Å². The monoisotopic (exact) mass is 226 g/mol. The zero-order valence-corrected chi connectivity index (χ0v) is 9.24. The molecule has 0 bridgehead atoms. The average Bonchev–Trinajstić information content (AvgIpc) is 2.33. The van der Waals surface area contributed by atoms with E-state index in [0.29, 0.717) is 44.6 Å². The smallest absolute Gasteiger partial charge is 0.224 e. The van der Waals surface area contributed by atoms with Crippen LogP contribution in [0.3, 0.4) is 0 Å². The summed E-state index contributed by atoms with van der Waals surface area (Å²) in [6.07, 6.45) is 1.20. The van der Waals surface area contributed by atoms with Crippen molar-refractivity contribution in [2.75, 3.05) is 43.1 Å². The highest BCUT2D eigenvalue weighted by molar-refractivity contribution is 5.44. The zero-order chi connectivity index (χ0) is 11.4.